The van der Waals surface area contributed by atoms with E-state index in [4.69, 9.17) is 9.97 Å². The van der Waals surface area contributed by atoms with Gasteiger partial charge >= 0.3 is 0 Å². The van der Waals surface area contributed by atoms with Crippen LogP contribution < -0.4 is 4.90 Å². The molecule has 1 saturated carbocycles. The Bertz CT molecular complexity index is 1070. The molecule has 160 valence electrons. The minimum atomic E-state index is 0.243. The van der Waals surface area contributed by atoms with E-state index < -0.39 is 0 Å². The molecule has 5 heteroatoms. The molecule has 2 heterocycles. The van der Waals surface area contributed by atoms with Gasteiger partial charge in [0.2, 0.25) is 5.91 Å². The number of hydrogen-bond acceptors (Lipinski definition) is 4. The zero-order valence-electron chi connectivity index (χ0n) is 18.3. The Morgan fingerprint density at radius 2 is 1.61 bits per heavy atom. The molecule has 5 rings (SSSR count). The highest BCUT2D eigenvalue weighted by atomic mass is 16.2. The summed E-state index contributed by atoms with van der Waals surface area (Å²) in [7, 11) is 0. The third-order valence-corrected chi connectivity index (χ3v) is 6.79. The van der Waals surface area contributed by atoms with Crippen molar-refractivity contribution in [1.82, 2.24) is 14.9 Å². The van der Waals surface area contributed by atoms with Crippen molar-refractivity contribution in [1.29, 1.82) is 0 Å². The van der Waals surface area contributed by atoms with Gasteiger partial charge in [-0.2, -0.15) is 0 Å². The molecule has 0 bridgehead atoms. The number of nitrogens with zero attached hydrogens (tertiary/aromatic N) is 4. The fraction of sp³-hybridized carbons (Fsp3) is 0.423. The molecular weight excluding hydrogens is 384 g/mol. The number of rotatable bonds is 3. The topological polar surface area (TPSA) is 49.3 Å². The predicted molar refractivity (Wildman–Crippen MR) is 125 cm³/mol. The Kier molecular flexibility index (Phi) is 5.58. The van der Waals surface area contributed by atoms with Crippen LogP contribution in [-0.2, 0) is 4.79 Å². The van der Waals surface area contributed by atoms with Crippen LogP contribution in [0.5, 0.6) is 0 Å². The molecule has 5 nitrogen and oxygen atoms in total. The quantitative estimate of drug-likeness (QED) is 0.616. The van der Waals surface area contributed by atoms with E-state index in [0.717, 1.165) is 67.1 Å². The average molecular weight is 415 g/mol. The number of benzene rings is 2. The number of amides is 1. The molecule has 31 heavy (non-hydrogen) atoms. The van der Waals surface area contributed by atoms with E-state index in [-0.39, 0.29) is 5.92 Å². The molecule has 0 spiro atoms. The van der Waals surface area contributed by atoms with Gasteiger partial charge in [-0.25, -0.2) is 9.97 Å². The van der Waals surface area contributed by atoms with Gasteiger partial charge in [0.1, 0.15) is 5.82 Å². The number of carbonyl (C=O) groups is 1. The lowest BCUT2D eigenvalue weighted by atomic mass is 9.88. The van der Waals surface area contributed by atoms with E-state index in [1.807, 2.05) is 18.2 Å². The van der Waals surface area contributed by atoms with Crippen LogP contribution in [0, 0.1) is 12.8 Å². The van der Waals surface area contributed by atoms with Gasteiger partial charge in [0, 0.05) is 43.0 Å². The Labute approximate surface area is 184 Å². The molecule has 1 aliphatic carbocycles. The highest BCUT2D eigenvalue weighted by molar-refractivity contribution is 5.94. The van der Waals surface area contributed by atoms with Gasteiger partial charge < -0.3 is 9.80 Å². The van der Waals surface area contributed by atoms with Gasteiger partial charge in [0.15, 0.2) is 5.82 Å². The molecule has 0 N–H and O–H groups in total. The Morgan fingerprint density at radius 1 is 0.871 bits per heavy atom. The molecule has 1 aliphatic heterocycles. The first-order chi connectivity index (χ1) is 15.2. The molecule has 1 saturated heterocycles. The normalized spacial score (nSPS) is 17.8. The summed E-state index contributed by atoms with van der Waals surface area (Å²) in [5.74, 6) is 2.36. The van der Waals surface area contributed by atoms with Gasteiger partial charge in [0.05, 0.1) is 5.52 Å². The van der Waals surface area contributed by atoms with Crippen molar-refractivity contribution in [3.05, 3.63) is 54.1 Å². The number of carbonyl (C=O) groups excluding carboxylic acids is 1. The zero-order chi connectivity index (χ0) is 21.2. The molecule has 2 aromatic carbocycles. The largest absolute Gasteiger partial charge is 0.352 e. The lowest BCUT2D eigenvalue weighted by Crippen LogP contribution is -2.51. The zero-order valence-corrected chi connectivity index (χ0v) is 18.3. The van der Waals surface area contributed by atoms with E-state index in [2.05, 4.69) is 47.1 Å². The highest BCUT2D eigenvalue weighted by Crippen LogP contribution is 2.31. The van der Waals surface area contributed by atoms with Gasteiger partial charge in [-0.3, -0.25) is 4.79 Å². The van der Waals surface area contributed by atoms with E-state index in [9.17, 15) is 4.79 Å². The number of anilines is 1. The summed E-state index contributed by atoms with van der Waals surface area (Å²) < 4.78 is 0. The first-order valence-corrected chi connectivity index (χ1v) is 11.6. The van der Waals surface area contributed by atoms with Crippen molar-refractivity contribution in [2.24, 2.45) is 5.92 Å². The smallest absolute Gasteiger partial charge is 0.225 e. The fourth-order valence-corrected chi connectivity index (χ4v) is 5.02. The third kappa shape index (κ3) is 4.01. The van der Waals surface area contributed by atoms with Crippen LogP contribution in [0.1, 0.15) is 37.7 Å². The second-order valence-corrected chi connectivity index (χ2v) is 8.85. The number of aromatic nitrogens is 2. The maximum absolute atomic E-state index is 13.0. The second kappa shape index (κ2) is 8.66. The SMILES string of the molecule is Cc1cccc2nc(-c3ccccc3)nc(N3CCN(C(=O)C4CCCCC4)CC3)c12. The average Bonchev–Trinajstić information content (AvgIpc) is 2.84. The lowest BCUT2D eigenvalue weighted by Gasteiger charge is -2.38. The van der Waals surface area contributed by atoms with Crippen LogP contribution in [-0.4, -0.2) is 47.0 Å². The van der Waals surface area contributed by atoms with Crippen molar-refractivity contribution in [2.45, 2.75) is 39.0 Å². The second-order valence-electron chi connectivity index (χ2n) is 8.85. The van der Waals surface area contributed by atoms with Crippen molar-refractivity contribution >= 4 is 22.6 Å². The number of fused-ring (bicyclic) bond motifs is 1. The minimum absolute atomic E-state index is 0.243. The summed E-state index contributed by atoms with van der Waals surface area (Å²) in [5.41, 5.74) is 3.19. The molecule has 1 amide bonds. The van der Waals surface area contributed by atoms with Gasteiger partial charge in [-0.05, 0) is 31.4 Å². The summed E-state index contributed by atoms with van der Waals surface area (Å²) in [4.78, 5) is 27.3. The van der Waals surface area contributed by atoms with Crippen molar-refractivity contribution in [3.8, 4) is 11.4 Å². The van der Waals surface area contributed by atoms with Gasteiger partial charge in [0.25, 0.3) is 0 Å². The number of aryl methyl sites for hydroxylation is 1. The minimum Gasteiger partial charge on any atom is -0.352 e. The number of piperazine rings is 1. The Hall–Kier alpha value is -2.95. The van der Waals surface area contributed by atoms with Gasteiger partial charge in [-0.15, -0.1) is 0 Å². The van der Waals surface area contributed by atoms with E-state index in [1.165, 1.54) is 24.8 Å². The predicted octanol–water partition coefficient (Wildman–Crippen LogP) is 4.83. The maximum atomic E-state index is 13.0. The first-order valence-electron chi connectivity index (χ1n) is 11.6. The van der Waals surface area contributed by atoms with E-state index in [1.54, 1.807) is 0 Å². The van der Waals surface area contributed by atoms with Crippen LogP contribution in [0.25, 0.3) is 22.3 Å². The summed E-state index contributed by atoms with van der Waals surface area (Å²) >= 11 is 0. The van der Waals surface area contributed by atoms with E-state index in [0.29, 0.717) is 5.91 Å². The van der Waals surface area contributed by atoms with Crippen LogP contribution >= 0.6 is 0 Å². The highest BCUT2D eigenvalue weighted by Gasteiger charge is 2.29. The van der Waals surface area contributed by atoms with Crippen molar-refractivity contribution < 1.29 is 4.79 Å². The van der Waals surface area contributed by atoms with Crippen molar-refractivity contribution in [2.75, 3.05) is 31.1 Å². The fourth-order valence-electron chi connectivity index (χ4n) is 5.02. The third-order valence-electron chi connectivity index (χ3n) is 6.79. The van der Waals surface area contributed by atoms with Crippen LogP contribution in [0.3, 0.4) is 0 Å². The first kappa shape index (κ1) is 20.0. The van der Waals surface area contributed by atoms with Crippen molar-refractivity contribution in [3.63, 3.8) is 0 Å². The molecule has 2 fully saturated rings. The standard InChI is InChI=1S/C26H30N4O/c1-19-9-8-14-22-23(19)25(28-24(27-22)20-10-4-2-5-11-20)29-15-17-30(18-16-29)26(31)21-12-6-3-7-13-21/h2,4-5,8-11,14,21H,3,6-7,12-13,15-18H2,1H3. The maximum Gasteiger partial charge on any atom is 0.225 e. The van der Waals surface area contributed by atoms with E-state index >= 15 is 0 Å². The summed E-state index contributed by atoms with van der Waals surface area (Å²) in [6.45, 7) is 5.29. The molecular formula is C26H30N4O. The summed E-state index contributed by atoms with van der Waals surface area (Å²) in [5, 5.41) is 1.12. The molecule has 0 unspecified atom stereocenters. The van der Waals surface area contributed by atoms with Crippen LogP contribution in [0.4, 0.5) is 5.82 Å². The van der Waals surface area contributed by atoms with Gasteiger partial charge in [-0.1, -0.05) is 61.7 Å². The van der Waals surface area contributed by atoms with Crippen LogP contribution in [0.15, 0.2) is 48.5 Å². The Morgan fingerprint density at radius 3 is 2.35 bits per heavy atom. The number of hydrogen-bond donors (Lipinski definition) is 0. The molecule has 1 aromatic heterocycles. The Balaban J connectivity index is 1.43. The molecule has 0 radical (unpaired) electrons. The summed E-state index contributed by atoms with van der Waals surface area (Å²) in [6.07, 6.45) is 5.81. The summed E-state index contributed by atoms with van der Waals surface area (Å²) in [6, 6.07) is 16.4. The monoisotopic (exact) mass is 414 g/mol. The van der Waals surface area contributed by atoms with Crippen LogP contribution in [0.2, 0.25) is 0 Å². The molecule has 3 aromatic rings. The lowest BCUT2D eigenvalue weighted by molar-refractivity contribution is -0.136. The molecule has 0 atom stereocenters. The molecule has 2 aliphatic rings.